The quantitative estimate of drug-likeness (QED) is 0.669. The number of hydrogen-bond acceptors (Lipinski definition) is 6. The largest absolute Gasteiger partial charge is 0.368 e. The molecule has 5 nitrogen and oxygen atoms in total. The highest BCUT2D eigenvalue weighted by atomic mass is 32.2. The Bertz CT molecular complexity index is 264. The number of rotatable bonds is 5. The SMILES string of the molecule is NC(=O)C(N)CCSc1ncns1. The number of aromatic nitrogens is 2. The van der Waals surface area contributed by atoms with Crippen molar-refractivity contribution in [1.29, 1.82) is 0 Å². The summed E-state index contributed by atoms with van der Waals surface area (Å²) in [6, 6.07) is -0.555. The minimum Gasteiger partial charge on any atom is -0.368 e. The van der Waals surface area contributed by atoms with Crippen LogP contribution in [0.3, 0.4) is 0 Å². The third-order valence-corrected chi connectivity index (χ3v) is 3.19. The fourth-order valence-corrected chi connectivity index (χ4v) is 2.18. The molecule has 7 heteroatoms. The molecule has 0 bridgehead atoms. The summed E-state index contributed by atoms with van der Waals surface area (Å²) in [6.45, 7) is 0. The second kappa shape index (κ2) is 5.15. The molecule has 72 valence electrons. The van der Waals surface area contributed by atoms with Gasteiger partial charge in [-0.25, -0.2) is 4.98 Å². The zero-order valence-corrected chi connectivity index (χ0v) is 8.48. The predicted octanol–water partition coefficient (Wildman–Crippen LogP) is -0.167. The fraction of sp³-hybridized carbons (Fsp3) is 0.500. The van der Waals surface area contributed by atoms with Crippen molar-refractivity contribution in [3.05, 3.63) is 6.33 Å². The van der Waals surface area contributed by atoms with E-state index >= 15 is 0 Å². The van der Waals surface area contributed by atoms with E-state index in [9.17, 15) is 4.79 Å². The smallest absolute Gasteiger partial charge is 0.234 e. The van der Waals surface area contributed by atoms with Crippen LogP contribution in [-0.2, 0) is 4.79 Å². The molecule has 1 heterocycles. The van der Waals surface area contributed by atoms with Gasteiger partial charge in [0.25, 0.3) is 0 Å². The second-order valence-corrected chi connectivity index (χ2v) is 4.48. The Kier molecular flexibility index (Phi) is 4.13. The first-order valence-electron chi connectivity index (χ1n) is 3.64. The molecule has 1 aromatic heterocycles. The molecule has 1 rings (SSSR count). The number of carbonyl (C=O) groups excluding carboxylic acids is 1. The van der Waals surface area contributed by atoms with Crippen molar-refractivity contribution in [2.45, 2.75) is 16.8 Å². The molecular weight excluding hydrogens is 208 g/mol. The monoisotopic (exact) mass is 218 g/mol. The molecule has 4 N–H and O–H groups in total. The van der Waals surface area contributed by atoms with Crippen molar-refractivity contribution in [2.75, 3.05) is 5.75 Å². The van der Waals surface area contributed by atoms with Crippen molar-refractivity contribution in [1.82, 2.24) is 9.36 Å². The van der Waals surface area contributed by atoms with Crippen LogP contribution in [-0.4, -0.2) is 27.1 Å². The maximum Gasteiger partial charge on any atom is 0.234 e. The van der Waals surface area contributed by atoms with Gasteiger partial charge in [-0.1, -0.05) is 11.8 Å². The standard InChI is InChI=1S/C6H10N4OS2/c7-4(5(8)11)1-2-12-6-9-3-10-13-6/h3-4H,1-2,7H2,(H2,8,11). The molecule has 0 aliphatic carbocycles. The average molecular weight is 218 g/mol. The molecule has 0 saturated heterocycles. The van der Waals surface area contributed by atoms with Crippen molar-refractivity contribution in [3.8, 4) is 0 Å². The average Bonchev–Trinajstić information content (AvgIpc) is 2.56. The summed E-state index contributed by atoms with van der Waals surface area (Å²) in [5.41, 5.74) is 10.4. The highest BCUT2D eigenvalue weighted by Gasteiger charge is 2.08. The van der Waals surface area contributed by atoms with Gasteiger partial charge in [0.1, 0.15) is 6.33 Å². The number of nitrogens with two attached hydrogens (primary N) is 2. The molecule has 0 fully saturated rings. The van der Waals surface area contributed by atoms with E-state index in [4.69, 9.17) is 11.5 Å². The van der Waals surface area contributed by atoms with Gasteiger partial charge in [-0.2, -0.15) is 4.37 Å². The predicted molar refractivity (Wildman–Crippen MR) is 52.4 cm³/mol. The second-order valence-electron chi connectivity index (χ2n) is 2.35. The molecule has 0 aliphatic heterocycles. The van der Waals surface area contributed by atoms with Crippen LogP contribution < -0.4 is 11.5 Å². The summed E-state index contributed by atoms with van der Waals surface area (Å²) in [4.78, 5) is 14.5. The van der Waals surface area contributed by atoms with Crippen molar-refractivity contribution < 1.29 is 4.79 Å². The highest BCUT2D eigenvalue weighted by molar-refractivity contribution is 8.00. The third kappa shape index (κ3) is 3.71. The molecule has 1 aromatic rings. The van der Waals surface area contributed by atoms with Gasteiger partial charge in [0, 0.05) is 5.75 Å². The Morgan fingerprint density at radius 1 is 1.77 bits per heavy atom. The van der Waals surface area contributed by atoms with Gasteiger partial charge < -0.3 is 11.5 Å². The Morgan fingerprint density at radius 3 is 3.08 bits per heavy atom. The maximum absolute atomic E-state index is 10.6. The fourth-order valence-electron chi connectivity index (χ4n) is 0.642. The summed E-state index contributed by atoms with van der Waals surface area (Å²) in [5.74, 6) is 0.275. The van der Waals surface area contributed by atoms with Gasteiger partial charge in [0.15, 0.2) is 4.34 Å². The van der Waals surface area contributed by atoms with Gasteiger partial charge in [-0.05, 0) is 18.0 Å². The molecule has 0 saturated carbocycles. The third-order valence-electron chi connectivity index (χ3n) is 1.36. The lowest BCUT2D eigenvalue weighted by molar-refractivity contribution is -0.119. The first kappa shape index (κ1) is 10.4. The van der Waals surface area contributed by atoms with Crippen LogP contribution >= 0.6 is 23.3 Å². The number of amides is 1. The van der Waals surface area contributed by atoms with Gasteiger partial charge in [-0.15, -0.1) is 0 Å². The van der Waals surface area contributed by atoms with E-state index in [-0.39, 0.29) is 0 Å². The molecule has 0 aliphatic rings. The Labute approximate surface area is 84.1 Å². The number of carbonyl (C=O) groups is 1. The Hall–Kier alpha value is -0.660. The Morgan fingerprint density at radius 2 is 2.54 bits per heavy atom. The van der Waals surface area contributed by atoms with Gasteiger partial charge in [0.05, 0.1) is 6.04 Å². The lowest BCUT2D eigenvalue weighted by Gasteiger charge is -2.04. The van der Waals surface area contributed by atoms with Gasteiger partial charge in [-0.3, -0.25) is 4.79 Å². The summed E-state index contributed by atoms with van der Waals surface area (Å²) in [6.07, 6.45) is 2.07. The van der Waals surface area contributed by atoms with Crippen LogP contribution in [0.25, 0.3) is 0 Å². The first-order chi connectivity index (χ1) is 6.20. The van der Waals surface area contributed by atoms with Crippen LogP contribution in [0.1, 0.15) is 6.42 Å². The summed E-state index contributed by atoms with van der Waals surface area (Å²) < 4.78 is 4.73. The van der Waals surface area contributed by atoms with Crippen LogP contribution in [0.4, 0.5) is 0 Å². The summed E-state index contributed by atoms with van der Waals surface area (Å²) >= 11 is 2.86. The van der Waals surface area contributed by atoms with E-state index in [1.165, 1.54) is 29.6 Å². The number of nitrogens with zero attached hydrogens (tertiary/aromatic N) is 2. The molecule has 13 heavy (non-hydrogen) atoms. The molecule has 0 aromatic carbocycles. The zero-order chi connectivity index (χ0) is 9.68. The van der Waals surface area contributed by atoms with E-state index in [2.05, 4.69) is 9.36 Å². The van der Waals surface area contributed by atoms with Crippen molar-refractivity contribution >= 4 is 29.2 Å². The van der Waals surface area contributed by atoms with E-state index in [0.29, 0.717) is 6.42 Å². The molecule has 1 amide bonds. The number of primary amides is 1. The highest BCUT2D eigenvalue weighted by Crippen LogP contribution is 2.18. The van der Waals surface area contributed by atoms with E-state index in [1.807, 2.05) is 0 Å². The van der Waals surface area contributed by atoms with Crippen LogP contribution in [0.15, 0.2) is 10.7 Å². The minimum absolute atomic E-state index is 0.460. The van der Waals surface area contributed by atoms with Crippen LogP contribution in [0.2, 0.25) is 0 Å². The van der Waals surface area contributed by atoms with E-state index < -0.39 is 11.9 Å². The molecule has 1 unspecified atom stereocenters. The van der Waals surface area contributed by atoms with Crippen molar-refractivity contribution in [2.24, 2.45) is 11.5 Å². The lowest BCUT2D eigenvalue weighted by Crippen LogP contribution is -2.36. The molecular formula is C6H10N4OS2. The number of hydrogen-bond donors (Lipinski definition) is 2. The lowest BCUT2D eigenvalue weighted by atomic mass is 10.2. The number of thioether (sulfide) groups is 1. The zero-order valence-electron chi connectivity index (χ0n) is 6.84. The molecule has 0 radical (unpaired) electrons. The van der Waals surface area contributed by atoms with E-state index in [0.717, 1.165) is 10.1 Å². The van der Waals surface area contributed by atoms with Crippen LogP contribution in [0.5, 0.6) is 0 Å². The normalized spacial score (nSPS) is 12.7. The van der Waals surface area contributed by atoms with Crippen molar-refractivity contribution in [3.63, 3.8) is 0 Å². The molecule has 1 atom stereocenters. The summed E-state index contributed by atoms with van der Waals surface area (Å²) in [5, 5.41) is 0. The van der Waals surface area contributed by atoms with Crippen LogP contribution in [0, 0.1) is 0 Å². The molecule has 0 spiro atoms. The minimum atomic E-state index is -0.555. The topological polar surface area (TPSA) is 94.9 Å². The van der Waals surface area contributed by atoms with Gasteiger partial charge in [0.2, 0.25) is 5.91 Å². The van der Waals surface area contributed by atoms with Gasteiger partial charge >= 0.3 is 0 Å². The maximum atomic E-state index is 10.6. The first-order valence-corrected chi connectivity index (χ1v) is 5.40. The Balaban J connectivity index is 2.18. The van der Waals surface area contributed by atoms with E-state index in [1.54, 1.807) is 0 Å². The summed E-state index contributed by atoms with van der Waals surface area (Å²) in [7, 11) is 0.